The monoisotopic (exact) mass is 298 g/mol. The van der Waals surface area contributed by atoms with E-state index in [0.29, 0.717) is 34.5 Å². The van der Waals surface area contributed by atoms with Gasteiger partial charge in [0, 0.05) is 12.6 Å². The van der Waals surface area contributed by atoms with E-state index in [1.165, 1.54) is 0 Å². The molecule has 0 aliphatic heterocycles. The van der Waals surface area contributed by atoms with E-state index >= 15 is 0 Å². The summed E-state index contributed by atoms with van der Waals surface area (Å²) in [5.74, 6) is 0. The van der Waals surface area contributed by atoms with Crippen LogP contribution in [0.2, 0.25) is 0 Å². The number of thiazole rings is 1. The summed E-state index contributed by atoms with van der Waals surface area (Å²) in [6.45, 7) is 0.390. The fourth-order valence-corrected chi connectivity index (χ4v) is 2.89. The number of nitrogens with one attached hydrogen (secondary N) is 1. The van der Waals surface area contributed by atoms with E-state index in [1.54, 1.807) is 0 Å². The Kier molecular flexibility index (Phi) is 3.52. The zero-order valence-electron chi connectivity index (χ0n) is 10.6. The van der Waals surface area contributed by atoms with Crippen molar-refractivity contribution in [2.24, 2.45) is 0 Å². The van der Waals surface area contributed by atoms with E-state index < -0.39 is 11.2 Å². The minimum Gasteiger partial charge on any atom is -0.308 e. The van der Waals surface area contributed by atoms with Crippen LogP contribution in [0.15, 0.2) is 30.3 Å². The van der Waals surface area contributed by atoms with E-state index in [4.69, 9.17) is 0 Å². The topological polar surface area (TPSA) is 24.9 Å². The minimum atomic E-state index is -4.38. The van der Waals surface area contributed by atoms with Gasteiger partial charge in [0.25, 0.3) is 0 Å². The van der Waals surface area contributed by atoms with Crippen LogP contribution in [-0.4, -0.2) is 11.0 Å². The predicted octanol–water partition coefficient (Wildman–Crippen LogP) is 4.08. The number of hydrogen-bond acceptors (Lipinski definition) is 3. The van der Waals surface area contributed by atoms with Gasteiger partial charge < -0.3 is 5.32 Å². The fourth-order valence-electron chi connectivity index (χ4n) is 1.94. The molecule has 0 unspecified atom stereocenters. The molecular weight excluding hydrogens is 285 g/mol. The Morgan fingerprint density at radius 1 is 1.20 bits per heavy atom. The maximum atomic E-state index is 12.8. The summed E-state index contributed by atoms with van der Waals surface area (Å²) in [4.78, 5) is 4.39. The molecule has 1 aliphatic carbocycles. The lowest BCUT2D eigenvalue weighted by atomic mass is 10.1. The Morgan fingerprint density at radius 2 is 1.90 bits per heavy atom. The van der Waals surface area contributed by atoms with Crippen molar-refractivity contribution in [3.63, 3.8) is 0 Å². The highest BCUT2D eigenvalue weighted by atomic mass is 32.1. The summed E-state index contributed by atoms with van der Waals surface area (Å²) in [7, 11) is 0. The Balaban J connectivity index is 1.94. The highest BCUT2D eigenvalue weighted by Gasteiger charge is 2.36. The number of hydrogen-bond donors (Lipinski definition) is 1. The molecule has 2 aromatic rings. The molecule has 0 amide bonds. The van der Waals surface area contributed by atoms with Gasteiger partial charge in [-0.2, -0.15) is 13.2 Å². The van der Waals surface area contributed by atoms with Gasteiger partial charge in [0.05, 0.1) is 10.6 Å². The molecule has 0 spiro atoms. The van der Waals surface area contributed by atoms with Crippen LogP contribution in [0, 0.1) is 0 Å². The first kappa shape index (κ1) is 13.6. The highest BCUT2D eigenvalue weighted by molar-refractivity contribution is 7.15. The zero-order valence-corrected chi connectivity index (χ0v) is 11.4. The number of alkyl halides is 3. The van der Waals surface area contributed by atoms with Gasteiger partial charge in [0.1, 0.15) is 0 Å². The molecule has 0 saturated heterocycles. The summed E-state index contributed by atoms with van der Waals surface area (Å²) in [5.41, 5.74) is 1.27. The van der Waals surface area contributed by atoms with Crippen LogP contribution in [0.3, 0.4) is 0 Å². The van der Waals surface area contributed by atoms with Gasteiger partial charge in [-0.1, -0.05) is 30.3 Å². The Hall–Kier alpha value is -1.40. The average molecular weight is 298 g/mol. The van der Waals surface area contributed by atoms with Crippen LogP contribution in [-0.2, 0) is 12.7 Å². The number of benzene rings is 1. The molecule has 106 valence electrons. The quantitative estimate of drug-likeness (QED) is 0.920. The highest BCUT2D eigenvalue weighted by Crippen LogP contribution is 2.39. The molecule has 3 rings (SSSR count). The molecule has 0 radical (unpaired) electrons. The van der Waals surface area contributed by atoms with E-state index in [-0.39, 0.29) is 0 Å². The van der Waals surface area contributed by atoms with E-state index in [9.17, 15) is 13.2 Å². The van der Waals surface area contributed by atoms with Crippen LogP contribution < -0.4 is 5.32 Å². The van der Waals surface area contributed by atoms with E-state index in [0.717, 1.165) is 18.4 Å². The Labute approximate surface area is 118 Å². The molecule has 1 fully saturated rings. The lowest BCUT2D eigenvalue weighted by molar-refractivity contribution is -0.137. The Morgan fingerprint density at radius 3 is 2.50 bits per heavy atom. The van der Waals surface area contributed by atoms with Crippen molar-refractivity contribution in [2.45, 2.75) is 31.6 Å². The molecule has 1 N–H and O–H groups in total. The van der Waals surface area contributed by atoms with Gasteiger partial charge in [0.2, 0.25) is 0 Å². The van der Waals surface area contributed by atoms with Crippen LogP contribution in [0.4, 0.5) is 13.2 Å². The number of nitrogens with zero attached hydrogens (tertiary/aromatic N) is 1. The normalized spacial score (nSPS) is 15.6. The summed E-state index contributed by atoms with van der Waals surface area (Å²) in [6.07, 6.45) is -2.19. The van der Waals surface area contributed by atoms with Crippen LogP contribution in [0.1, 0.15) is 23.5 Å². The standard InChI is InChI=1S/C14H13F3N2S/c15-14(16,17)13-19-11(8-18-10-6-7-10)12(20-13)9-4-2-1-3-5-9/h1-5,10,18H,6-8H2. The first-order chi connectivity index (χ1) is 9.54. The molecule has 0 bridgehead atoms. The first-order valence-corrected chi connectivity index (χ1v) is 7.21. The zero-order chi connectivity index (χ0) is 14.2. The third-order valence-corrected chi connectivity index (χ3v) is 4.30. The molecule has 2 nitrogen and oxygen atoms in total. The fraction of sp³-hybridized carbons (Fsp3) is 0.357. The van der Waals surface area contributed by atoms with Crippen molar-refractivity contribution >= 4 is 11.3 Å². The van der Waals surface area contributed by atoms with E-state index in [1.807, 2.05) is 30.3 Å². The number of rotatable bonds is 4. The largest absolute Gasteiger partial charge is 0.443 e. The van der Waals surface area contributed by atoms with Crippen molar-refractivity contribution < 1.29 is 13.2 Å². The van der Waals surface area contributed by atoms with E-state index in [2.05, 4.69) is 10.3 Å². The lowest BCUT2D eigenvalue weighted by Gasteiger charge is -2.03. The molecule has 1 heterocycles. The average Bonchev–Trinajstić information content (AvgIpc) is 3.14. The maximum absolute atomic E-state index is 12.8. The third kappa shape index (κ3) is 3.02. The van der Waals surface area contributed by atoms with Crippen molar-refractivity contribution in [3.8, 4) is 10.4 Å². The van der Waals surface area contributed by atoms with Crippen molar-refractivity contribution in [1.29, 1.82) is 0 Å². The van der Waals surface area contributed by atoms with Gasteiger partial charge in [-0.05, 0) is 18.4 Å². The molecule has 6 heteroatoms. The summed E-state index contributed by atoms with van der Waals surface area (Å²) in [6, 6.07) is 9.55. The number of halogens is 3. The minimum absolute atomic E-state index is 0.390. The molecule has 1 aliphatic rings. The molecule has 20 heavy (non-hydrogen) atoms. The molecular formula is C14H13F3N2S. The van der Waals surface area contributed by atoms with Crippen LogP contribution in [0.25, 0.3) is 10.4 Å². The van der Waals surface area contributed by atoms with Gasteiger partial charge in [-0.3, -0.25) is 0 Å². The van der Waals surface area contributed by atoms with Gasteiger partial charge in [0.15, 0.2) is 5.01 Å². The molecule has 0 atom stereocenters. The number of aromatic nitrogens is 1. The molecule has 1 aromatic carbocycles. The lowest BCUT2D eigenvalue weighted by Crippen LogP contribution is -2.16. The molecule has 1 aromatic heterocycles. The Bertz CT molecular complexity index is 588. The van der Waals surface area contributed by atoms with Crippen LogP contribution >= 0.6 is 11.3 Å². The first-order valence-electron chi connectivity index (χ1n) is 6.40. The van der Waals surface area contributed by atoms with Crippen molar-refractivity contribution in [2.75, 3.05) is 0 Å². The predicted molar refractivity (Wildman–Crippen MR) is 72.4 cm³/mol. The smallest absolute Gasteiger partial charge is 0.308 e. The second kappa shape index (κ2) is 5.18. The van der Waals surface area contributed by atoms with Crippen LogP contribution in [0.5, 0.6) is 0 Å². The van der Waals surface area contributed by atoms with Crippen molar-refractivity contribution in [3.05, 3.63) is 41.0 Å². The van der Waals surface area contributed by atoms with Gasteiger partial charge in [-0.15, -0.1) is 11.3 Å². The van der Waals surface area contributed by atoms with Gasteiger partial charge >= 0.3 is 6.18 Å². The summed E-state index contributed by atoms with van der Waals surface area (Å²) in [5, 5.41) is 2.45. The third-order valence-electron chi connectivity index (χ3n) is 3.11. The van der Waals surface area contributed by atoms with Gasteiger partial charge in [-0.25, -0.2) is 4.98 Å². The molecule has 1 saturated carbocycles. The summed E-state index contributed by atoms with van der Waals surface area (Å²) < 4.78 is 38.5. The SMILES string of the molecule is FC(F)(F)c1nc(CNC2CC2)c(-c2ccccc2)s1. The second-order valence-corrected chi connectivity index (χ2v) is 5.81. The maximum Gasteiger partial charge on any atom is 0.443 e. The summed E-state index contributed by atoms with van der Waals surface area (Å²) >= 11 is 0.716. The van der Waals surface area contributed by atoms with Crippen molar-refractivity contribution in [1.82, 2.24) is 10.3 Å². The second-order valence-electron chi connectivity index (χ2n) is 4.81.